The normalized spacial score (nSPS) is 24.0. The Labute approximate surface area is 90.2 Å². The van der Waals surface area contributed by atoms with Crippen molar-refractivity contribution in [3.63, 3.8) is 0 Å². The average Bonchev–Trinajstić information content (AvgIpc) is 2.67. The van der Waals surface area contributed by atoms with Crippen LogP contribution in [-0.2, 0) is 9.47 Å². The molecule has 1 rings (SSSR count). The molecule has 1 heterocycles. The van der Waals surface area contributed by atoms with E-state index in [1.165, 1.54) is 12.8 Å². The van der Waals surface area contributed by atoms with Crippen molar-refractivity contribution < 1.29 is 14.6 Å². The van der Waals surface area contributed by atoms with Crippen molar-refractivity contribution >= 4 is 11.8 Å². The van der Waals surface area contributed by atoms with E-state index in [0.717, 1.165) is 18.1 Å². The highest BCUT2D eigenvalue weighted by atomic mass is 32.2. The fourth-order valence-electron chi connectivity index (χ4n) is 1.41. The molecule has 0 spiro atoms. The third kappa shape index (κ3) is 5.20. The van der Waals surface area contributed by atoms with Gasteiger partial charge in [0.15, 0.2) is 0 Å². The molecule has 4 heteroatoms. The van der Waals surface area contributed by atoms with Gasteiger partial charge in [0.05, 0.1) is 18.8 Å². The van der Waals surface area contributed by atoms with E-state index in [1.807, 2.05) is 6.92 Å². The van der Waals surface area contributed by atoms with E-state index in [4.69, 9.17) is 9.47 Å². The SMILES string of the molecule is CCOCC(O)CSCC1CCCO1. The van der Waals surface area contributed by atoms with E-state index < -0.39 is 0 Å². The summed E-state index contributed by atoms with van der Waals surface area (Å²) in [4.78, 5) is 0. The first-order valence-electron chi connectivity index (χ1n) is 5.28. The lowest BCUT2D eigenvalue weighted by molar-refractivity contribution is 0.0550. The summed E-state index contributed by atoms with van der Waals surface area (Å²) in [6, 6.07) is 0. The molecule has 14 heavy (non-hydrogen) atoms. The van der Waals surface area contributed by atoms with Crippen molar-refractivity contribution in [2.45, 2.75) is 32.0 Å². The molecule has 0 saturated carbocycles. The van der Waals surface area contributed by atoms with Crippen LogP contribution < -0.4 is 0 Å². The molecule has 84 valence electrons. The minimum absolute atomic E-state index is 0.332. The molecule has 0 aromatic rings. The van der Waals surface area contributed by atoms with Crippen LogP contribution in [0.2, 0.25) is 0 Å². The highest BCUT2D eigenvalue weighted by Crippen LogP contribution is 2.17. The Kier molecular flexibility index (Phi) is 6.60. The number of thioether (sulfide) groups is 1. The monoisotopic (exact) mass is 220 g/mol. The molecule has 1 aliphatic rings. The molecular formula is C10H20O3S. The van der Waals surface area contributed by atoms with E-state index in [-0.39, 0.29) is 6.10 Å². The van der Waals surface area contributed by atoms with Gasteiger partial charge in [-0.2, -0.15) is 11.8 Å². The van der Waals surface area contributed by atoms with Crippen LogP contribution in [0, 0.1) is 0 Å². The molecule has 0 amide bonds. The molecule has 2 unspecified atom stereocenters. The Balaban J connectivity index is 1.91. The summed E-state index contributed by atoms with van der Waals surface area (Å²) in [6.45, 7) is 3.97. The predicted molar refractivity (Wildman–Crippen MR) is 58.8 cm³/mol. The second kappa shape index (κ2) is 7.51. The zero-order chi connectivity index (χ0) is 10.2. The maximum absolute atomic E-state index is 9.47. The molecule has 1 fully saturated rings. The maximum atomic E-state index is 9.47. The van der Waals surface area contributed by atoms with E-state index in [9.17, 15) is 5.11 Å². The molecule has 0 bridgehead atoms. The van der Waals surface area contributed by atoms with Gasteiger partial charge >= 0.3 is 0 Å². The first-order chi connectivity index (χ1) is 6.83. The summed E-state index contributed by atoms with van der Waals surface area (Å²) in [5.74, 6) is 1.75. The summed E-state index contributed by atoms with van der Waals surface area (Å²) < 4.78 is 10.6. The summed E-state index contributed by atoms with van der Waals surface area (Å²) in [6.07, 6.45) is 2.45. The van der Waals surface area contributed by atoms with E-state index in [0.29, 0.717) is 19.3 Å². The topological polar surface area (TPSA) is 38.7 Å². The van der Waals surface area contributed by atoms with Crippen molar-refractivity contribution in [1.82, 2.24) is 0 Å². The zero-order valence-corrected chi connectivity index (χ0v) is 9.59. The van der Waals surface area contributed by atoms with Gasteiger partial charge in [-0.05, 0) is 19.8 Å². The Hall–Kier alpha value is 0.230. The minimum atomic E-state index is -0.332. The quantitative estimate of drug-likeness (QED) is 0.702. The molecule has 1 saturated heterocycles. The van der Waals surface area contributed by atoms with Crippen LogP contribution in [0.3, 0.4) is 0 Å². The highest BCUT2D eigenvalue weighted by Gasteiger charge is 2.15. The van der Waals surface area contributed by atoms with E-state index in [2.05, 4.69) is 0 Å². The van der Waals surface area contributed by atoms with Crippen molar-refractivity contribution in [3.8, 4) is 0 Å². The van der Waals surface area contributed by atoms with Crippen molar-refractivity contribution in [1.29, 1.82) is 0 Å². The summed E-state index contributed by atoms with van der Waals surface area (Å²) in [5.41, 5.74) is 0. The van der Waals surface area contributed by atoms with Gasteiger partial charge in [0.1, 0.15) is 0 Å². The number of hydrogen-bond acceptors (Lipinski definition) is 4. The number of rotatable bonds is 7. The van der Waals surface area contributed by atoms with Crippen LogP contribution in [-0.4, -0.2) is 48.6 Å². The third-order valence-electron chi connectivity index (χ3n) is 2.15. The van der Waals surface area contributed by atoms with Gasteiger partial charge in [0.2, 0.25) is 0 Å². The molecule has 1 aliphatic heterocycles. The van der Waals surface area contributed by atoms with Crippen LogP contribution >= 0.6 is 11.8 Å². The van der Waals surface area contributed by atoms with Gasteiger partial charge in [-0.3, -0.25) is 0 Å². The number of ether oxygens (including phenoxy) is 2. The maximum Gasteiger partial charge on any atom is 0.0863 e. The zero-order valence-electron chi connectivity index (χ0n) is 8.78. The van der Waals surface area contributed by atoms with E-state index in [1.54, 1.807) is 11.8 Å². The van der Waals surface area contributed by atoms with Gasteiger partial charge in [-0.15, -0.1) is 0 Å². The molecule has 3 nitrogen and oxygen atoms in total. The molecule has 2 atom stereocenters. The van der Waals surface area contributed by atoms with E-state index >= 15 is 0 Å². The summed E-state index contributed by atoms with van der Waals surface area (Å²) in [7, 11) is 0. The highest BCUT2D eigenvalue weighted by molar-refractivity contribution is 7.99. The lowest BCUT2D eigenvalue weighted by Gasteiger charge is -2.12. The lowest BCUT2D eigenvalue weighted by Crippen LogP contribution is -2.19. The van der Waals surface area contributed by atoms with Gasteiger partial charge in [-0.25, -0.2) is 0 Å². The summed E-state index contributed by atoms with van der Waals surface area (Å²) in [5, 5.41) is 9.47. The van der Waals surface area contributed by atoms with Crippen LogP contribution in [0.15, 0.2) is 0 Å². The predicted octanol–water partition coefficient (Wildman–Crippen LogP) is 1.30. The molecule has 0 aromatic heterocycles. The van der Waals surface area contributed by atoms with Crippen LogP contribution in [0.1, 0.15) is 19.8 Å². The molecular weight excluding hydrogens is 200 g/mol. The summed E-state index contributed by atoms with van der Waals surface area (Å²) >= 11 is 1.75. The van der Waals surface area contributed by atoms with Gasteiger partial charge in [0.25, 0.3) is 0 Å². The van der Waals surface area contributed by atoms with Gasteiger partial charge < -0.3 is 14.6 Å². The fourth-order valence-corrected chi connectivity index (χ4v) is 2.44. The van der Waals surface area contributed by atoms with Crippen LogP contribution in [0.25, 0.3) is 0 Å². The van der Waals surface area contributed by atoms with Crippen molar-refractivity contribution in [2.24, 2.45) is 0 Å². The molecule has 0 aliphatic carbocycles. The molecule has 0 aromatic carbocycles. The lowest BCUT2D eigenvalue weighted by atomic mass is 10.3. The first kappa shape index (κ1) is 12.3. The van der Waals surface area contributed by atoms with Crippen molar-refractivity contribution in [3.05, 3.63) is 0 Å². The smallest absolute Gasteiger partial charge is 0.0863 e. The van der Waals surface area contributed by atoms with Gasteiger partial charge in [0, 0.05) is 24.7 Å². The Bertz CT molecular complexity index is 137. The largest absolute Gasteiger partial charge is 0.390 e. The fraction of sp³-hybridized carbons (Fsp3) is 1.00. The number of aliphatic hydroxyl groups is 1. The molecule has 1 N–H and O–H groups in total. The Morgan fingerprint density at radius 1 is 1.64 bits per heavy atom. The first-order valence-corrected chi connectivity index (χ1v) is 6.43. The van der Waals surface area contributed by atoms with Crippen LogP contribution in [0.4, 0.5) is 0 Å². The number of aliphatic hydroxyl groups excluding tert-OH is 1. The standard InChI is InChI=1S/C10H20O3S/c1-2-12-6-9(11)7-14-8-10-4-3-5-13-10/h9-11H,2-8H2,1H3. The molecule has 0 radical (unpaired) electrons. The Morgan fingerprint density at radius 3 is 3.14 bits per heavy atom. The average molecular weight is 220 g/mol. The second-order valence-corrected chi connectivity index (χ2v) is 4.56. The van der Waals surface area contributed by atoms with Crippen molar-refractivity contribution in [2.75, 3.05) is 31.3 Å². The second-order valence-electron chi connectivity index (χ2n) is 3.49. The van der Waals surface area contributed by atoms with Gasteiger partial charge in [-0.1, -0.05) is 0 Å². The third-order valence-corrected chi connectivity index (χ3v) is 3.38. The number of hydrogen-bond donors (Lipinski definition) is 1. The minimum Gasteiger partial charge on any atom is -0.390 e. The van der Waals surface area contributed by atoms with Crippen LogP contribution in [0.5, 0.6) is 0 Å². The Morgan fingerprint density at radius 2 is 2.50 bits per heavy atom.